The lowest BCUT2D eigenvalue weighted by Crippen LogP contribution is -2.24. The van der Waals surface area contributed by atoms with Crippen LogP contribution in [0.1, 0.15) is 23.6 Å². The van der Waals surface area contributed by atoms with Crippen molar-refractivity contribution in [3.05, 3.63) is 53.5 Å². The maximum Gasteiger partial charge on any atom is 0.131 e. The molecule has 0 aliphatic heterocycles. The number of nitrogens with two attached hydrogens (primary N) is 1. The van der Waals surface area contributed by atoms with E-state index >= 15 is 0 Å². The molecule has 0 saturated heterocycles. The number of nitrogens with zero attached hydrogens (tertiary/aromatic N) is 3. The lowest BCUT2D eigenvalue weighted by atomic mass is 10.2. The molecule has 0 radical (unpaired) electrons. The van der Waals surface area contributed by atoms with Gasteiger partial charge in [-0.1, -0.05) is 0 Å². The van der Waals surface area contributed by atoms with Gasteiger partial charge in [-0.3, -0.25) is 4.98 Å². The van der Waals surface area contributed by atoms with E-state index in [0.717, 1.165) is 24.5 Å². The zero-order valence-electron chi connectivity index (χ0n) is 11.5. The van der Waals surface area contributed by atoms with E-state index in [4.69, 9.17) is 5.73 Å². The van der Waals surface area contributed by atoms with Crippen LogP contribution in [0.15, 0.2) is 36.8 Å². The first-order chi connectivity index (χ1) is 9.24. The fraction of sp³-hybridized carbons (Fsp3) is 0.333. The van der Waals surface area contributed by atoms with E-state index in [1.54, 1.807) is 0 Å². The van der Waals surface area contributed by atoms with E-state index in [9.17, 15) is 0 Å². The van der Waals surface area contributed by atoms with E-state index in [1.165, 1.54) is 11.1 Å². The second-order valence-corrected chi connectivity index (χ2v) is 4.56. The first kappa shape index (κ1) is 13.5. The van der Waals surface area contributed by atoms with Crippen LogP contribution in [0.2, 0.25) is 0 Å². The Labute approximate surface area is 114 Å². The SMILES string of the molecule is CCN(Cc1ccncc1)c1ncc(CN)cc1C. The van der Waals surface area contributed by atoms with Crippen molar-refractivity contribution in [1.82, 2.24) is 9.97 Å². The van der Waals surface area contributed by atoms with Crippen molar-refractivity contribution in [2.75, 3.05) is 11.4 Å². The van der Waals surface area contributed by atoms with Gasteiger partial charge in [-0.2, -0.15) is 0 Å². The molecule has 2 rings (SSSR count). The van der Waals surface area contributed by atoms with E-state index in [0.29, 0.717) is 6.54 Å². The molecule has 4 heteroatoms. The molecule has 0 spiro atoms. The summed E-state index contributed by atoms with van der Waals surface area (Å²) < 4.78 is 0. The molecule has 100 valence electrons. The van der Waals surface area contributed by atoms with Crippen LogP contribution in [-0.4, -0.2) is 16.5 Å². The van der Waals surface area contributed by atoms with Crippen LogP contribution in [0.4, 0.5) is 5.82 Å². The van der Waals surface area contributed by atoms with Crippen molar-refractivity contribution in [3.8, 4) is 0 Å². The third-order valence-electron chi connectivity index (χ3n) is 3.15. The third-order valence-corrected chi connectivity index (χ3v) is 3.15. The Kier molecular flexibility index (Phi) is 4.47. The van der Waals surface area contributed by atoms with Crippen molar-refractivity contribution in [3.63, 3.8) is 0 Å². The monoisotopic (exact) mass is 256 g/mol. The molecule has 2 heterocycles. The molecule has 0 aliphatic carbocycles. The molecule has 2 aromatic rings. The molecule has 0 aromatic carbocycles. The largest absolute Gasteiger partial charge is 0.352 e. The number of aryl methyl sites for hydroxylation is 1. The molecule has 4 nitrogen and oxygen atoms in total. The third kappa shape index (κ3) is 3.29. The Bertz CT molecular complexity index is 525. The average Bonchev–Trinajstić information content (AvgIpc) is 2.46. The maximum atomic E-state index is 5.64. The summed E-state index contributed by atoms with van der Waals surface area (Å²) >= 11 is 0. The van der Waals surface area contributed by atoms with Crippen LogP contribution < -0.4 is 10.6 Å². The molecular formula is C15H20N4. The molecule has 0 saturated carbocycles. The first-order valence-electron chi connectivity index (χ1n) is 6.54. The lowest BCUT2D eigenvalue weighted by Gasteiger charge is -2.24. The summed E-state index contributed by atoms with van der Waals surface area (Å²) in [6.45, 7) is 6.51. The topological polar surface area (TPSA) is 55.0 Å². The Morgan fingerprint density at radius 3 is 2.53 bits per heavy atom. The van der Waals surface area contributed by atoms with Gasteiger partial charge < -0.3 is 10.6 Å². The summed E-state index contributed by atoms with van der Waals surface area (Å²) in [5.41, 5.74) is 9.11. The predicted molar refractivity (Wildman–Crippen MR) is 77.8 cm³/mol. The van der Waals surface area contributed by atoms with Crippen molar-refractivity contribution < 1.29 is 0 Å². The van der Waals surface area contributed by atoms with Gasteiger partial charge in [-0.15, -0.1) is 0 Å². The van der Waals surface area contributed by atoms with Gasteiger partial charge in [-0.05, 0) is 48.7 Å². The molecule has 19 heavy (non-hydrogen) atoms. The number of hydrogen-bond acceptors (Lipinski definition) is 4. The Hall–Kier alpha value is -1.94. The van der Waals surface area contributed by atoms with Crippen LogP contribution in [0.3, 0.4) is 0 Å². The molecule has 0 amide bonds. The molecule has 0 aliphatic rings. The van der Waals surface area contributed by atoms with Gasteiger partial charge >= 0.3 is 0 Å². The Balaban J connectivity index is 2.22. The lowest BCUT2D eigenvalue weighted by molar-refractivity contribution is 0.805. The number of pyridine rings is 2. The molecule has 2 aromatic heterocycles. The van der Waals surface area contributed by atoms with E-state index in [-0.39, 0.29) is 0 Å². The van der Waals surface area contributed by atoms with Gasteiger partial charge in [0, 0.05) is 38.2 Å². The standard InChI is InChI=1S/C15H20N4/c1-3-19(11-13-4-6-17-7-5-13)15-12(2)8-14(9-16)10-18-15/h4-8,10H,3,9,11,16H2,1-2H3. The van der Waals surface area contributed by atoms with Gasteiger partial charge in [0.25, 0.3) is 0 Å². The van der Waals surface area contributed by atoms with Crippen LogP contribution >= 0.6 is 0 Å². The molecule has 0 atom stereocenters. The number of aromatic nitrogens is 2. The van der Waals surface area contributed by atoms with Gasteiger partial charge in [-0.25, -0.2) is 4.98 Å². The van der Waals surface area contributed by atoms with Crippen molar-refractivity contribution in [2.24, 2.45) is 5.73 Å². The summed E-state index contributed by atoms with van der Waals surface area (Å²) in [5, 5.41) is 0. The molecule has 0 fully saturated rings. The van der Waals surface area contributed by atoms with Crippen LogP contribution in [0, 0.1) is 6.92 Å². The van der Waals surface area contributed by atoms with Crippen molar-refractivity contribution in [1.29, 1.82) is 0 Å². The van der Waals surface area contributed by atoms with Crippen LogP contribution in [0.25, 0.3) is 0 Å². The molecule has 2 N–H and O–H groups in total. The molecular weight excluding hydrogens is 236 g/mol. The average molecular weight is 256 g/mol. The fourth-order valence-corrected chi connectivity index (χ4v) is 2.11. The van der Waals surface area contributed by atoms with E-state index < -0.39 is 0 Å². The Morgan fingerprint density at radius 2 is 1.95 bits per heavy atom. The quantitative estimate of drug-likeness (QED) is 0.891. The highest BCUT2D eigenvalue weighted by Crippen LogP contribution is 2.19. The minimum absolute atomic E-state index is 0.532. The summed E-state index contributed by atoms with van der Waals surface area (Å²) in [6, 6.07) is 6.18. The second kappa shape index (κ2) is 6.29. The second-order valence-electron chi connectivity index (χ2n) is 4.56. The highest BCUT2D eigenvalue weighted by atomic mass is 15.2. The van der Waals surface area contributed by atoms with E-state index in [2.05, 4.69) is 34.8 Å². The molecule has 0 bridgehead atoms. The van der Waals surface area contributed by atoms with Gasteiger partial charge in [0.05, 0.1) is 0 Å². The zero-order chi connectivity index (χ0) is 13.7. The smallest absolute Gasteiger partial charge is 0.131 e. The Morgan fingerprint density at radius 1 is 1.21 bits per heavy atom. The van der Waals surface area contributed by atoms with Gasteiger partial charge in [0.1, 0.15) is 5.82 Å². The van der Waals surface area contributed by atoms with E-state index in [1.807, 2.05) is 30.7 Å². The van der Waals surface area contributed by atoms with Crippen LogP contribution in [-0.2, 0) is 13.1 Å². The van der Waals surface area contributed by atoms with Gasteiger partial charge in [0.15, 0.2) is 0 Å². The highest BCUT2D eigenvalue weighted by molar-refractivity contribution is 5.47. The normalized spacial score (nSPS) is 10.5. The summed E-state index contributed by atoms with van der Waals surface area (Å²) in [5.74, 6) is 1.02. The minimum atomic E-state index is 0.532. The zero-order valence-corrected chi connectivity index (χ0v) is 11.5. The van der Waals surface area contributed by atoms with Crippen LogP contribution in [0.5, 0.6) is 0 Å². The van der Waals surface area contributed by atoms with Crippen molar-refractivity contribution in [2.45, 2.75) is 26.9 Å². The number of anilines is 1. The highest BCUT2D eigenvalue weighted by Gasteiger charge is 2.10. The van der Waals surface area contributed by atoms with Gasteiger partial charge in [0.2, 0.25) is 0 Å². The molecule has 0 unspecified atom stereocenters. The first-order valence-corrected chi connectivity index (χ1v) is 6.54. The fourth-order valence-electron chi connectivity index (χ4n) is 2.11. The van der Waals surface area contributed by atoms with Crippen molar-refractivity contribution >= 4 is 5.82 Å². The number of hydrogen-bond donors (Lipinski definition) is 1. The maximum absolute atomic E-state index is 5.64. The number of rotatable bonds is 5. The summed E-state index contributed by atoms with van der Waals surface area (Å²) in [4.78, 5) is 10.8. The predicted octanol–water partition coefficient (Wildman–Crippen LogP) is 2.27. The summed E-state index contributed by atoms with van der Waals surface area (Å²) in [7, 11) is 0. The minimum Gasteiger partial charge on any atom is -0.352 e. The summed E-state index contributed by atoms with van der Waals surface area (Å²) in [6.07, 6.45) is 5.50.